The zero-order chi connectivity index (χ0) is 25.4. The number of benzene rings is 4. The molecule has 1 N–H and O–H groups in total. The Labute approximate surface area is 213 Å². The van der Waals surface area contributed by atoms with Crippen LogP contribution < -0.4 is 19.6 Å². The molecule has 0 saturated heterocycles. The molecule has 0 unspecified atom stereocenters. The zero-order valence-corrected chi connectivity index (χ0v) is 20.1. The summed E-state index contributed by atoms with van der Waals surface area (Å²) in [6.45, 7) is 2.48. The van der Waals surface area contributed by atoms with Gasteiger partial charge in [0.05, 0.1) is 6.61 Å². The molecule has 1 aliphatic rings. The van der Waals surface area contributed by atoms with Crippen molar-refractivity contribution >= 4 is 11.0 Å². The van der Waals surface area contributed by atoms with Gasteiger partial charge in [0.1, 0.15) is 28.2 Å². The maximum Gasteiger partial charge on any atom is 0.305 e. The molecule has 0 bridgehead atoms. The Bertz CT molecular complexity index is 1600. The number of fused-ring (bicyclic) bond motifs is 2. The first kappa shape index (κ1) is 22.7. The lowest BCUT2D eigenvalue weighted by molar-refractivity contribution is -0.0459. The third-order valence-corrected chi connectivity index (χ3v) is 6.30. The molecule has 0 aliphatic carbocycles. The van der Waals surface area contributed by atoms with Gasteiger partial charge in [-0.2, -0.15) is 0 Å². The smallest absolute Gasteiger partial charge is 0.305 e. The van der Waals surface area contributed by atoms with Crippen LogP contribution in [0.15, 0.2) is 106 Å². The number of rotatable bonds is 6. The van der Waals surface area contributed by atoms with Crippen molar-refractivity contribution in [2.24, 2.45) is 0 Å². The normalized spacial score (nSPS) is 13.5. The highest BCUT2D eigenvalue weighted by molar-refractivity contribution is 5.86. The second-order valence-electron chi connectivity index (χ2n) is 8.85. The molecular formula is C31H24O6. The maximum atomic E-state index is 12.9. The maximum absolute atomic E-state index is 12.9. The van der Waals surface area contributed by atoms with Crippen LogP contribution in [0.3, 0.4) is 0 Å². The molecule has 0 radical (unpaired) electrons. The summed E-state index contributed by atoms with van der Waals surface area (Å²) in [7, 11) is 0. The van der Waals surface area contributed by atoms with Gasteiger partial charge in [0.2, 0.25) is 0 Å². The van der Waals surface area contributed by atoms with E-state index in [4.69, 9.17) is 18.6 Å². The Morgan fingerprint density at radius 2 is 1.49 bits per heavy atom. The predicted octanol–water partition coefficient (Wildman–Crippen LogP) is 6.63. The number of hydrogen-bond acceptors (Lipinski definition) is 6. The standard InChI is InChI=1S/C31H24O6/c1-2-15-34-23-17-24(32)30-25(33)19-27(35-29(30)18-23)20-13-14-26-28(16-20)37-31(36-26,21-9-5-3-6-10-21)22-11-7-4-8-12-22/h3-14,16-19,32H,2,15H2,1H3. The lowest BCUT2D eigenvalue weighted by Gasteiger charge is -2.28. The van der Waals surface area contributed by atoms with E-state index in [9.17, 15) is 9.90 Å². The number of hydrogen-bond donors (Lipinski definition) is 1. The van der Waals surface area contributed by atoms with Gasteiger partial charge >= 0.3 is 5.79 Å². The van der Waals surface area contributed by atoms with Gasteiger partial charge in [-0.3, -0.25) is 4.79 Å². The predicted molar refractivity (Wildman–Crippen MR) is 140 cm³/mol. The van der Waals surface area contributed by atoms with Crippen LogP contribution in [0, 0.1) is 0 Å². The molecule has 184 valence electrons. The minimum Gasteiger partial charge on any atom is -0.507 e. The minimum atomic E-state index is -1.15. The summed E-state index contributed by atoms with van der Waals surface area (Å²) in [6.07, 6.45) is 0.813. The molecule has 37 heavy (non-hydrogen) atoms. The van der Waals surface area contributed by atoms with Crippen LogP contribution in [-0.4, -0.2) is 11.7 Å². The van der Waals surface area contributed by atoms with E-state index in [1.54, 1.807) is 18.2 Å². The number of phenolic OH excluding ortho intramolecular Hbond substituents is 1. The minimum absolute atomic E-state index is 0.112. The fraction of sp³-hybridized carbons (Fsp3) is 0.129. The lowest BCUT2D eigenvalue weighted by atomic mass is 9.97. The van der Waals surface area contributed by atoms with Crippen molar-refractivity contribution in [3.8, 4) is 34.3 Å². The summed E-state index contributed by atoms with van der Waals surface area (Å²) in [4.78, 5) is 12.9. The molecular weight excluding hydrogens is 468 g/mol. The van der Waals surface area contributed by atoms with Gasteiger partial charge in [-0.1, -0.05) is 67.6 Å². The lowest BCUT2D eigenvalue weighted by Crippen LogP contribution is -2.36. The first-order valence-electron chi connectivity index (χ1n) is 12.1. The molecule has 0 amide bonds. The Balaban J connectivity index is 1.43. The van der Waals surface area contributed by atoms with Gasteiger partial charge in [0.25, 0.3) is 0 Å². The highest BCUT2D eigenvalue weighted by atomic mass is 16.7. The van der Waals surface area contributed by atoms with Gasteiger partial charge in [-0.15, -0.1) is 0 Å². The van der Waals surface area contributed by atoms with Crippen molar-refractivity contribution in [1.29, 1.82) is 0 Å². The Morgan fingerprint density at radius 3 is 2.16 bits per heavy atom. The van der Waals surface area contributed by atoms with Crippen molar-refractivity contribution in [2.45, 2.75) is 19.1 Å². The van der Waals surface area contributed by atoms with Crippen LogP contribution in [0.5, 0.6) is 23.0 Å². The largest absolute Gasteiger partial charge is 0.507 e. The molecule has 6 heteroatoms. The van der Waals surface area contributed by atoms with E-state index in [2.05, 4.69) is 0 Å². The molecule has 0 spiro atoms. The van der Waals surface area contributed by atoms with Crippen molar-refractivity contribution in [3.05, 3.63) is 118 Å². The van der Waals surface area contributed by atoms with Crippen LogP contribution in [-0.2, 0) is 5.79 Å². The number of phenols is 1. The zero-order valence-electron chi connectivity index (χ0n) is 20.1. The topological polar surface area (TPSA) is 78.1 Å². The summed E-state index contributed by atoms with van der Waals surface area (Å²) in [6, 6.07) is 29.4. The van der Waals surface area contributed by atoms with Crippen molar-refractivity contribution in [2.75, 3.05) is 6.61 Å². The Kier molecular flexibility index (Phi) is 5.57. The monoisotopic (exact) mass is 492 g/mol. The fourth-order valence-electron chi connectivity index (χ4n) is 4.56. The molecule has 0 fully saturated rings. The van der Waals surface area contributed by atoms with E-state index in [0.29, 0.717) is 35.2 Å². The van der Waals surface area contributed by atoms with Gasteiger partial charge in [-0.05, 0) is 24.6 Å². The summed E-state index contributed by atoms with van der Waals surface area (Å²) in [5.41, 5.74) is 2.24. The molecule has 5 aromatic rings. The third kappa shape index (κ3) is 3.96. The van der Waals surface area contributed by atoms with E-state index in [0.717, 1.165) is 17.5 Å². The fourth-order valence-corrected chi connectivity index (χ4v) is 4.56. The van der Waals surface area contributed by atoms with Crippen LogP contribution in [0.2, 0.25) is 0 Å². The van der Waals surface area contributed by atoms with Crippen LogP contribution in [0.1, 0.15) is 24.5 Å². The van der Waals surface area contributed by atoms with Crippen LogP contribution >= 0.6 is 0 Å². The summed E-state index contributed by atoms with van der Waals surface area (Å²) in [5, 5.41) is 10.5. The highest BCUT2D eigenvalue weighted by Gasteiger charge is 2.45. The number of ether oxygens (including phenoxy) is 3. The SMILES string of the molecule is CCCOc1cc(O)c2c(=O)cc(-c3ccc4c(c3)OC(c3ccccc3)(c3ccccc3)O4)oc2c1. The summed E-state index contributed by atoms with van der Waals surface area (Å²) in [5.74, 6) is 0.556. The second kappa shape index (κ2) is 9.06. The molecule has 6 nitrogen and oxygen atoms in total. The van der Waals surface area contributed by atoms with E-state index in [-0.39, 0.29) is 22.1 Å². The summed E-state index contributed by atoms with van der Waals surface area (Å²) >= 11 is 0. The summed E-state index contributed by atoms with van der Waals surface area (Å²) < 4.78 is 24.7. The first-order valence-corrected chi connectivity index (χ1v) is 12.1. The third-order valence-electron chi connectivity index (χ3n) is 6.30. The molecule has 1 aliphatic heterocycles. The van der Waals surface area contributed by atoms with E-state index < -0.39 is 5.79 Å². The molecule has 0 saturated carbocycles. The van der Waals surface area contributed by atoms with Crippen LogP contribution in [0.4, 0.5) is 0 Å². The van der Waals surface area contributed by atoms with Crippen molar-refractivity contribution in [1.82, 2.24) is 0 Å². The molecule has 6 rings (SSSR count). The van der Waals surface area contributed by atoms with Gasteiger partial charge < -0.3 is 23.7 Å². The molecule has 4 aromatic carbocycles. The van der Waals surface area contributed by atoms with Gasteiger partial charge in [0.15, 0.2) is 16.9 Å². The average Bonchev–Trinajstić information content (AvgIpc) is 3.32. The van der Waals surface area contributed by atoms with Crippen molar-refractivity contribution in [3.63, 3.8) is 0 Å². The van der Waals surface area contributed by atoms with E-state index in [1.165, 1.54) is 12.1 Å². The van der Waals surface area contributed by atoms with Gasteiger partial charge in [-0.25, -0.2) is 0 Å². The van der Waals surface area contributed by atoms with E-state index in [1.807, 2.05) is 73.7 Å². The second-order valence-corrected chi connectivity index (χ2v) is 8.85. The van der Waals surface area contributed by atoms with Crippen LogP contribution in [0.25, 0.3) is 22.3 Å². The molecule has 0 atom stereocenters. The first-order chi connectivity index (χ1) is 18.1. The Morgan fingerprint density at radius 1 is 0.811 bits per heavy atom. The van der Waals surface area contributed by atoms with E-state index >= 15 is 0 Å². The average molecular weight is 493 g/mol. The highest BCUT2D eigenvalue weighted by Crippen LogP contribution is 2.49. The number of aromatic hydroxyl groups is 1. The molecule has 1 aromatic heterocycles. The quantitative estimate of drug-likeness (QED) is 0.287. The van der Waals surface area contributed by atoms with Crippen molar-refractivity contribution < 1.29 is 23.7 Å². The molecule has 2 heterocycles. The van der Waals surface area contributed by atoms with Gasteiger partial charge in [0, 0.05) is 34.9 Å². The Hall–Kier alpha value is -4.71.